The standard InChI is InChI=1S/C64H100N12O4S4/c1-5-9-13-17-29-77-57-45-33-47-39-54(74-62(82)70-26-22-66)41-49(58(47)78-30-18-14-10-6-2)35-51-43-56(76-64(84)72-28-24-68)44-52(60(51)80-32-20-16-12-8-4)36-50-42-55(75-63(83)71-27-23-67)40-48(59(50)79-31-19-15-11-7-3)34-46(57)38-53(37-45)73-61(81)69-25-21-65/h37-44H,5-36,65-68H2,1-4H3,(H2,69,73,81)(H2,70,74,82)(H2,71,75,83)(H2,72,76,84). The highest BCUT2D eigenvalue weighted by Gasteiger charge is 2.26. The number of ether oxygens (including phenoxy) is 4. The van der Waals surface area contributed by atoms with E-state index in [0.717, 1.165) is 193 Å². The largest absolute Gasteiger partial charge is 0.493 e. The molecule has 0 unspecified atom stereocenters. The molecule has 16 N–H and O–H groups in total. The maximum atomic E-state index is 7.18. The minimum Gasteiger partial charge on any atom is -0.493 e. The number of nitrogens with one attached hydrogen (secondary N) is 8. The van der Waals surface area contributed by atoms with E-state index in [1.807, 2.05) is 0 Å². The molecule has 0 atom stereocenters. The summed E-state index contributed by atoms with van der Waals surface area (Å²) in [5.41, 5.74) is 34.7. The van der Waals surface area contributed by atoms with E-state index in [0.29, 0.717) is 125 Å². The average molecular weight is 1230 g/mol. The molecule has 16 nitrogen and oxygen atoms in total. The molecule has 0 aromatic heterocycles. The Bertz CT molecular complexity index is 2230. The minimum atomic E-state index is 0.425. The Morgan fingerprint density at radius 3 is 0.679 bits per heavy atom. The van der Waals surface area contributed by atoms with E-state index in [-0.39, 0.29) is 0 Å². The molecule has 0 radical (unpaired) electrons. The second-order valence-corrected chi connectivity index (χ2v) is 23.1. The van der Waals surface area contributed by atoms with Crippen molar-refractivity contribution < 1.29 is 18.9 Å². The van der Waals surface area contributed by atoms with Crippen molar-refractivity contribution in [3.05, 3.63) is 93.0 Å². The van der Waals surface area contributed by atoms with E-state index in [2.05, 4.69) is 119 Å². The van der Waals surface area contributed by atoms with E-state index >= 15 is 0 Å². The van der Waals surface area contributed by atoms with E-state index in [1.54, 1.807) is 0 Å². The molecule has 0 amide bonds. The summed E-state index contributed by atoms with van der Waals surface area (Å²) < 4.78 is 28.7. The Morgan fingerprint density at radius 2 is 0.512 bits per heavy atom. The molecule has 84 heavy (non-hydrogen) atoms. The summed E-state index contributed by atoms with van der Waals surface area (Å²) in [4.78, 5) is 0. The lowest BCUT2D eigenvalue weighted by Gasteiger charge is -2.25. The Labute approximate surface area is 524 Å². The highest BCUT2D eigenvalue weighted by molar-refractivity contribution is 7.81. The van der Waals surface area contributed by atoms with E-state index < -0.39 is 0 Å². The maximum Gasteiger partial charge on any atom is 0.170 e. The summed E-state index contributed by atoms with van der Waals surface area (Å²) in [5.74, 6) is 3.19. The number of unbranched alkanes of at least 4 members (excludes halogenated alkanes) is 12. The van der Waals surface area contributed by atoms with Crippen LogP contribution in [-0.2, 0) is 25.7 Å². The third-order valence-electron chi connectivity index (χ3n) is 14.2. The van der Waals surface area contributed by atoms with Crippen LogP contribution in [0.5, 0.6) is 23.0 Å². The monoisotopic (exact) mass is 1230 g/mol. The van der Waals surface area contributed by atoms with Crippen LogP contribution in [0.2, 0.25) is 0 Å². The molecule has 0 fully saturated rings. The number of fused-ring (bicyclic) bond motifs is 8. The van der Waals surface area contributed by atoms with Crippen LogP contribution in [0.25, 0.3) is 0 Å². The SMILES string of the molecule is CCCCCCOc1c2cc(NC(=S)NCCN)cc1Cc1cc(NC(=S)NCCN)cc(c1OCCCCCC)Cc1cc(NC(=S)NCCN)cc(c1OCCCCCC)Cc1cc(NC(=S)NCCN)cc(c1OCCCCCC)C2. The molecule has 20 heteroatoms. The van der Waals surface area contributed by atoms with Crippen molar-refractivity contribution in [3.63, 3.8) is 0 Å². The number of nitrogens with two attached hydrogens (primary N) is 4. The van der Waals surface area contributed by atoms with Gasteiger partial charge in [-0.15, -0.1) is 0 Å². The van der Waals surface area contributed by atoms with Gasteiger partial charge in [0.05, 0.1) is 26.4 Å². The summed E-state index contributed by atoms with van der Waals surface area (Å²) >= 11 is 23.7. The van der Waals surface area contributed by atoms with Crippen LogP contribution >= 0.6 is 48.9 Å². The van der Waals surface area contributed by atoms with Gasteiger partial charge in [-0.2, -0.15) is 0 Å². The molecule has 464 valence electrons. The first-order chi connectivity index (χ1) is 41.0. The topological polar surface area (TPSA) is 237 Å². The fourth-order valence-electron chi connectivity index (χ4n) is 10.2. The molecule has 0 saturated heterocycles. The molecule has 1 aliphatic carbocycles. The number of anilines is 4. The average Bonchev–Trinajstić information content (AvgIpc) is 3.27. The Kier molecular flexibility index (Phi) is 33.2. The summed E-state index contributed by atoms with van der Waals surface area (Å²) in [7, 11) is 0. The molecular formula is C64H100N12O4S4. The van der Waals surface area contributed by atoms with Gasteiger partial charge in [0.1, 0.15) is 23.0 Å². The smallest absolute Gasteiger partial charge is 0.170 e. The van der Waals surface area contributed by atoms with Crippen LogP contribution in [-0.4, -0.2) is 99.2 Å². The summed E-state index contributed by atoms with van der Waals surface area (Å²) in [5, 5.41) is 29.1. The molecule has 8 bridgehead atoms. The van der Waals surface area contributed by atoms with Gasteiger partial charge < -0.3 is 84.4 Å². The van der Waals surface area contributed by atoms with Crippen LogP contribution in [0.15, 0.2) is 48.5 Å². The first-order valence-corrected chi connectivity index (χ1v) is 32.7. The fraction of sp³-hybridized carbons (Fsp3) is 0.562. The Balaban J connectivity index is 1.97. The summed E-state index contributed by atoms with van der Waals surface area (Å²) in [6.07, 6.45) is 18.4. The maximum absolute atomic E-state index is 7.18. The number of thiocarbonyl (C=S) groups is 4. The van der Waals surface area contributed by atoms with Gasteiger partial charge >= 0.3 is 0 Å². The second kappa shape index (κ2) is 40.1. The van der Waals surface area contributed by atoms with E-state index in [4.69, 9.17) is 90.8 Å². The first-order valence-electron chi connectivity index (χ1n) is 31.1. The molecule has 1 aliphatic rings. The zero-order valence-electron chi connectivity index (χ0n) is 50.8. The third-order valence-corrected chi connectivity index (χ3v) is 15.2. The molecule has 0 spiro atoms. The van der Waals surface area contributed by atoms with Crippen molar-refractivity contribution in [1.82, 2.24) is 21.3 Å². The van der Waals surface area contributed by atoms with Crippen molar-refractivity contribution in [2.24, 2.45) is 22.9 Å². The lowest BCUT2D eigenvalue weighted by molar-refractivity contribution is 0.293. The van der Waals surface area contributed by atoms with Crippen LogP contribution in [0, 0.1) is 0 Å². The molecule has 4 aromatic rings. The molecule has 0 aliphatic heterocycles. The van der Waals surface area contributed by atoms with Gasteiger partial charge in [0.2, 0.25) is 0 Å². The zero-order chi connectivity index (χ0) is 60.3. The summed E-state index contributed by atoms with van der Waals surface area (Å²) in [6, 6.07) is 17.3. The van der Waals surface area contributed by atoms with E-state index in [9.17, 15) is 0 Å². The molecule has 0 saturated carbocycles. The Morgan fingerprint density at radius 1 is 0.321 bits per heavy atom. The van der Waals surface area contributed by atoms with Crippen molar-refractivity contribution in [1.29, 1.82) is 0 Å². The minimum absolute atomic E-state index is 0.425. The van der Waals surface area contributed by atoms with Crippen molar-refractivity contribution >= 4 is 92.1 Å². The van der Waals surface area contributed by atoms with Crippen molar-refractivity contribution in [2.45, 2.75) is 156 Å². The van der Waals surface area contributed by atoms with Gasteiger partial charge in [0.25, 0.3) is 0 Å². The van der Waals surface area contributed by atoms with Gasteiger partial charge in [-0.25, -0.2) is 0 Å². The number of benzene rings is 4. The highest BCUT2D eigenvalue weighted by atomic mass is 32.1. The van der Waals surface area contributed by atoms with Crippen molar-refractivity contribution in [3.8, 4) is 23.0 Å². The molecule has 5 rings (SSSR count). The van der Waals surface area contributed by atoms with Gasteiger partial charge in [-0.05, 0) is 123 Å². The van der Waals surface area contributed by atoms with Gasteiger partial charge in [0.15, 0.2) is 20.4 Å². The number of hydrogen-bond donors (Lipinski definition) is 12. The highest BCUT2D eigenvalue weighted by Crippen LogP contribution is 2.43. The number of hydrogen-bond acceptors (Lipinski definition) is 12. The second-order valence-electron chi connectivity index (χ2n) is 21.5. The van der Waals surface area contributed by atoms with Crippen molar-refractivity contribution in [2.75, 3.05) is 100 Å². The quantitative estimate of drug-likeness (QED) is 0.0132. The van der Waals surface area contributed by atoms with Gasteiger partial charge in [-0.3, -0.25) is 0 Å². The Hall–Kier alpha value is -5.32. The molecule has 0 heterocycles. The van der Waals surface area contributed by atoms with E-state index in [1.165, 1.54) is 0 Å². The predicted octanol–water partition coefficient (Wildman–Crippen LogP) is 11.2. The first kappa shape index (κ1) is 69.5. The van der Waals surface area contributed by atoms with Crippen LogP contribution < -0.4 is 84.4 Å². The zero-order valence-corrected chi connectivity index (χ0v) is 54.1. The van der Waals surface area contributed by atoms with Crippen LogP contribution in [0.1, 0.15) is 175 Å². The molecular weight excluding hydrogens is 1130 g/mol. The normalized spacial score (nSPS) is 11.7. The molecule has 4 aromatic carbocycles. The predicted molar refractivity (Wildman–Crippen MR) is 369 cm³/mol. The third kappa shape index (κ3) is 24.2. The summed E-state index contributed by atoms with van der Waals surface area (Å²) in [6.45, 7) is 14.8. The van der Waals surface area contributed by atoms with Gasteiger partial charge in [0, 0.05) is 145 Å². The fourth-order valence-corrected chi connectivity index (χ4v) is 11.1. The number of rotatable bonds is 36. The lowest BCUT2D eigenvalue weighted by Crippen LogP contribution is -2.32. The van der Waals surface area contributed by atoms with Crippen LogP contribution in [0.3, 0.4) is 0 Å². The lowest BCUT2D eigenvalue weighted by atomic mass is 9.90. The van der Waals surface area contributed by atoms with Crippen LogP contribution in [0.4, 0.5) is 22.7 Å². The van der Waals surface area contributed by atoms with Gasteiger partial charge in [-0.1, -0.05) is 105 Å².